The van der Waals surface area contributed by atoms with Crippen LogP contribution in [0.15, 0.2) is 29.3 Å². The number of anilines is 1. The molecule has 6 heteroatoms. The van der Waals surface area contributed by atoms with E-state index in [0.717, 1.165) is 0 Å². The number of rotatable bonds is 3. The van der Waals surface area contributed by atoms with Crippen molar-refractivity contribution in [3.8, 4) is 5.75 Å². The van der Waals surface area contributed by atoms with E-state index in [0.29, 0.717) is 24.4 Å². The number of nitrogens with zero attached hydrogens (tertiary/aromatic N) is 2. The Morgan fingerprint density at radius 1 is 1.39 bits per heavy atom. The summed E-state index contributed by atoms with van der Waals surface area (Å²) >= 11 is 0. The summed E-state index contributed by atoms with van der Waals surface area (Å²) in [7, 11) is -0.152. The molecule has 2 rings (SSSR count). The number of aliphatic imine (C=N–C) groups is 1. The minimum Gasteiger partial charge on any atom is -0.497 e. The molecule has 0 radical (unpaired) electrons. The minimum absolute atomic E-state index is 0.491. The Morgan fingerprint density at radius 3 is 2.61 bits per heavy atom. The van der Waals surface area contributed by atoms with Crippen molar-refractivity contribution in [2.75, 3.05) is 25.0 Å². The van der Waals surface area contributed by atoms with Gasteiger partial charge in [-0.3, -0.25) is 9.30 Å². The van der Waals surface area contributed by atoms with Crippen LogP contribution in [0.25, 0.3) is 0 Å². The summed E-state index contributed by atoms with van der Waals surface area (Å²) in [6.45, 7) is 0.491. The molecule has 1 aliphatic rings. The van der Waals surface area contributed by atoms with Crippen LogP contribution in [0.1, 0.15) is 6.42 Å². The molecule has 0 aromatic heterocycles. The van der Waals surface area contributed by atoms with E-state index in [2.05, 4.69) is 4.99 Å². The van der Waals surface area contributed by atoms with Crippen molar-refractivity contribution in [1.29, 1.82) is 0 Å². The molecule has 0 aliphatic carbocycles. The lowest BCUT2D eigenvalue weighted by molar-refractivity contribution is 0.415. The number of hydrogen-bond donors (Lipinski definition) is 0. The second kappa shape index (κ2) is 4.97. The second-order valence-corrected chi connectivity index (χ2v) is 6.13. The topological polar surface area (TPSA) is 59.0 Å². The van der Waals surface area contributed by atoms with Gasteiger partial charge in [-0.2, -0.15) is 0 Å². The van der Waals surface area contributed by atoms with Crippen LogP contribution >= 0.6 is 0 Å². The first kappa shape index (κ1) is 12.9. The van der Waals surface area contributed by atoms with Crippen LogP contribution < -0.4 is 9.04 Å². The predicted octanol–water partition coefficient (Wildman–Crippen LogP) is 1.30. The Balaban J connectivity index is 2.29. The summed E-state index contributed by atoms with van der Waals surface area (Å²) in [5.74, 6) is 0.710. The number of sulfonamides is 1. The zero-order chi connectivity index (χ0) is 13.2. The van der Waals surface area contributed by atoms with Crippen molar-refractivity contribution >= 4 is 21.9 Å². The molecule has 1 atom stereocenters. The maximum absolute atomic E-state index is 12.2. The van der Waals surface area contributed by atoms with E-state index in [9.17, 15) is 8.42 Å². The lowest BCUT2D eigenvalue weighted by Gasteiger charge is -2.18. The van der Waals surface area contributed by atoms with E-state index in [4.69, 9.17) is 4.74 Å². The van der Waals surface area contributed by atoms with Crippen LogP contribution in [0.2, 0.25) is 0 Å². The molecule has 1 fully saturated rings. The molecule has 98 valence electrons. The highest BCUT2D eigenvalue weighted by Crippen LogP contribution is 2.29. The van der Waals surface area contributed by atoms with Gasteiger partial charge < -0.3 is 4.74 Å². The second-order valence-electron chi connectivity index (χ2n) is 4.05. The molecule has 0 spiro atoms. The first-order chi connectivity index (χ1) is 8.59. The standard InChI is InChI=1S/C12H16N2O3S/c1-13-9-12-7-8-14(18(12,15)16)10-3-5-11(17-2)6-4-10/h3-6,9,12H,7-8H2,1-2H3/b13-9-. The van der Waals surface area contributed by atoms with Crippen LogP contribution in [0.3, 0.4) is 0 Å². The van der Waals surface area contributed by atoms with Crippen molar-refractivity contribution < 1.29 is 13.2 Å². The molecule has 1 aliphatic heterocycles. The fourth-order valence-corrected chi connectivity index (χ4v) is 3.81. The van der Waals surface area contributed by atoms with E-state index in [-0.39, 0.29) is 0 Å². The van der Waals surface area contributed by atoms with Crippen molar-refractivity contribution in [3.05, 3.63) is 24.3 Å². The molecule has 18 heavy (non-hydrogen) atoms. The summed E-state index contributed by atoms with van der Waals surface area (Å²) in [6.07, 6.45) is 2.07. The van der Waals surface area contributed by atoms with Crippen LogP contribution in [-0.2, 0) is 10.0 Å². The van der Waals surface area contributed by atoms with Gasteiger partial charge in [0.05, 0.1) is 12.8 Å². The molecule has 1 unspecified atom stereocenters. The zero-order valence-corrected chi connectivity index (χ0v) is 11.2. The molecular weight excluding hydrogens is 252 g/mol. The highest BCUT2D eigenvalue weighted by Gasteiger charge is 2.37. The normalized spacial score (nSPS) is 22.6. The van der Waals surface area contributed by atoms with Gasteiger partial charge in [-0.1, -0.05) is 0 Å². The van der Waals surface area contributed by atoms with E-state index in [1.165, 1.54) is 10.5 Å². The van der Waals surface area contributed by atoms with Gasteiger partial charge in [-0.25, -0.2) is 8.42 Å². The summed E-state index contributed by atoms with van der Waals surface area (Å²) in [4.78, 5) is 3.82. The monoisotopic (exact) mass is 268 g/mol. The average molecular weight is 268 g/mol. The Bertz CT molecular complexity index is 537. The molecule has 0 bridgehead atoms. The number of ether oxygens (including phenoxy) is 1. The quantitative estimate of drug-likeness (QED) is 0.776. The SMILES string of the molecule is C/N=C\C1CCN(c2ccc(OC)cc2)S1(=O)=O. The van der Waals surface area contributed by atoms with Gasteiger partial charge in [0.15, 0.2) is 0 Å². The van der Waals surface area contributed by atoms with Crippen molar-refractivity contribution in [3.63, 3.8) is 0 Å². The van der Waals surface area contributed by atoms with Crippen LogP contribution in [-0.4, -0.2) is 40.6 Å². The first-order valence-corrected chi connectivity index (χ1v) is 7.18. The molecule has 1 aromatic carbocycles. The molecule has 1 heterocycles. The summed E-state index contributed by atoms with van der Waals surface area (Å²) < 4.78 is 31.0. The van der Waals surface area contributed by atoms with Crippen LogP contribution in [0.4, 0.5) is 5.69 Å². The fourth-order valence-electron chi connectivity index (χ4n) is 2.03. The van der Waals surface area contributed by atoms with Crippen molar-refractivity contribution in [1.82, 2.24) is 0 Å². The van der Waals surface area contributed by atoms with E-state index in [1.54, 1.807) is 38.4 Å². The lowest BCUT2D eigenvalue weighted by atomic mass is 10.3. The molecule has 0 N–H and O–H groups in total. The Hall–Kier alpha value is -1.56. The van der Waals surface area contributed by atoms with Gasteiger partial charge >= 0.3 is 0 Å². The third kappa shape index (κ3) is 2.20. The predicted molar refractivity (Wildman–Crippen MR) is 72.1 cm³/mol. The van der Waals surface area contributed by atoms with Crippen LogP contribution in [0.5, 0.6) is 5.75 Å². The van der Waals surface area contributed by atoms with Gasteiger partial charge in [0.1, 0.15) is 11.0 Å². The van der Waals surface area contributed by atoms with Gasteiger partial charge in [-0.15, -0.1) is 0 Å². The maximum atomic E-state index is 12.2. The zero-order valence-electron chi connectivity index (χ0n) is 10.4. The van der Waals surface area contributed by atoms with Gasteiger partial charge in [0, 0.05) is 19.8 Å². The van der Waals surface area contributed by atoms with Gasteiger partial charge in [0.2, 0.25) is 10.0 Å². The maximum Gasteiger partial charge on any atom is 0.243 e. The Labute approximate surface area is 107 Å². The summed E-state index contributed by atoms with van der Waals surface area (Å²) in [5, 5.41) is -0.510. The Kier molecular flexibility index (Phi) is 3.56. The fraction of sp³-hybridized carbons (Fsp3) is 0.417. The third-order valence-electron chi connectivity index (χ3n) is 2.98. The average Bonchev–Trinajstić information content (AvgIpc) is 2.66. The number of methoxy groups -OCH3 is 1. The van der Waals surface area contributed by atoms with E-state index >= 15 is 0 Å². The summed E-state index contributed by atoms with van der Waals surface area (Å²) in [6, 6.07) is 7.02. The highest BCUT2D eigenvalue weighted by atomic mass is 32.2. The van der Waals surface area contributed by atoms with Gasteiger partial charge in [-0.05, 0) is 30.7 Å². The lowest BCUT2D eigenvalue weighted by Crippen LogP contribution is -2.29. The number of benzene rings is 1. The van der Waals surface area contributed by atoms with E-state index in [1.807, 2.05) is 0 Å². The van der Waals surface area contributed by atoms with Crippen molar-refractivity contribution in [2.24, 2.45) is 4.99 Å². The molecule has 0 saturated carbocycles. The van der Waals surface area contributed by atoms with E-state index < -0.39 is 15.3 Å². The third-order valence-corrected chi connectivity index (χ3v) is 5.11. The summed E-state index contributed by atoms with van der Waals surface area (Å²) in [5.41, 5.74) is 0.669. The minimum atomic E-state index is -3.32. The van der Waals surface area contributed by atoms with Crippen molar-refractivity contribution in [2.45, 2.75) is 11.7 Å². The van der Waals surface area contributed by atoms with Gasteiger partial charge in [0.25, 0.3) is 0 Å². The Morgan fingerprint density at radius 2 is 2.06 bits per heavy atom. The number of hydrogen-bond acceptors (Lipinski definition) is 4. The molecule has 0 amide bonds. The molecule has 1 saturated heterocycles. The smallest absolute Gasteiger partial charge is 0.243 e. The molecule has 1 aromatic rings. The van der Waals surface area contributed by atoms with Crippen LogP contribution in [0, 0.1) is 0 Å². The largest absolute Gasteiger partial charge is 0.497 e. The molecule has 5 nitrogen and oxygen atoms in total. The highest BCUT2D eigenvalue weighted by molar-refractivity contribution is 7.94. The molecular formula is C12H16N2O3S. The first-order valence-electron chi connectivity index (χ1n) is 5.67.